The van der Waals surface area contributed by atoms with Gasteiger partial charge in [0.2, 0.25) is 5.91 Å². The lowest BCUT2D eigenvalue weighted by Gasteiger charge is -2.11. The summed E-state index contributed by atoms with van der Waals surface area (Å²) >= 11 is 0. The summed E-state index contributed by atoms with van der Waals surface area (Å²) in [5.74, 6) is -0.573. The molecule has 6 nitrogen and oxygen atoms in total. The molecule has 0 saturated carbocycles. The van der Waals surface area contributed by atoms with Crippen LogP contribution in [0.1, 0.15) is 5.56 Å². The fraction of sp³-hybridized carbons (Fsp3) is 0.267. The van der Waals surface area contributed by atoms with Crippen LogP contribution in [0.4, 0.5) is 18.9 Å². The Kier molecular flexibility index (Phi) is 4.91. The molecule has 1 N–H and O–H groups in total. The smallest absolute Gasteiger partial charge is 0.325 e. The molecule has 2 aromatic rings. The Morgan fingerprint density at radius 1 is 1.12 bits per heavy atom. The average Bonchev–Trinajstić information content (AvgIpc) is 2.46. The minimum atomic E-state index is -4.62. The molecule has 128 valence electrons. The van der Waals surface area contributed by atoms with E-state index in [0.29, 0.717) is 5.69 Å². The van der Waals surface area contributed by atoms with Crippen molar-refractivity contribution < 1.29 is 18.0 Å². The molecule has 9 heteroatoms. The van der Waals surface area contributed by atoms with Crippen molar-refractivity contribution in [2.45, 2.75) is 26.2 Å². The van der Waals surface area contributed by atoms with Crippen molar-refractivity contribution in [3.05, 3.63) is 62.9 Å². The molecule has 1 heterocycles. The second kappa shape index (κ2) is 6.73. The minimum absolute atomic E-state index is 0.261. The molecular weight excluding hydrogens is 327 g/mol. The molecule has 24 heavy (non-hydrogen) atoms. The Labute approximate surface area is 134 Å². The van der Waals surface area contributed by atoms with Crippen LogP contribution in [-0.4, -0.2) is 21.2 Å². The topological polar surface area (TPSA) is 73.1 Å². The van der Waals surface area contributed by atoms with Crippen LogP contribution in [0.2, 0.25) is 0 Å². The molecule has 0 aliphatic heterocycles. The van der Waals surface area contributed by atoms with Crippen molar-refractivity contribution in [3.8, 4) is 0 Å². The fourth-order valence-electron chi connectivity index (χ4n) is 2.06. The lowest BCUT2D eigenvalue weighted by atomic mass is 10.2. The number of alkyl halides is 3. The number of halogens is 3. The number of nitrogens with zero attached hydrogens (tertiary/aromatic N) is 2. The van der Waals surface area contributed by atoms with Crippen LogP contribution in [0, 0.1) is 6.92 Å². The number of nitrogens with one attached hydrogen (secondary N) is 1. The van der Waals surface area contributed by atoms with E-state index in [9.17, 15) is 27.6 Å². The molecule has 0 fully saturated rings. The van der Waals surface area contributed by atoms with Gasteiger partial charge in [-0.3, -0.25) is 19.0 Å². The second-order valence-electron chi connectivity index (χ2n) is 5.20. The van der Waals surface area contributed by atoms with Crippen molar-refractivity contribution in [2.75, 3.05) is 5.32 Å². The van der Waals surface area contributed by atoms with E-state index in [1.807, 2.05) is 13.0 Å². The Bertz CT molecular complexity index is 868. The van der Waals surface area contributed by atoms with Crippen LogP contribution >= 0.6 is 0 Å². The van der Waals surface area contributed by atoms with Gasteiger partial charge in [0, 0.05) is 18.1 Å². The number of aromatic nitrogens is 2. The standard InChI is InChI=1S/C15H14F3N3O3/c1-10-3-2-4-11(7-10)19-12(22)8-20-5-6-21(9-15(16,17)18)14(24)13(20)23/h2-7H,8-9H2,1H3,(H,19,22). The first-order valence-corrected chi connectivity index (χ1v) is 6.89. The zero-order valence-corrected chi connectivity index (χ0v) is 12.6. The first kappa shape index (κ1) is 17.5. The van der Waals surface area contributed by atoms with Crippen LogP contribution in [0.3, 0.4) is 0 Å². The number of aryl methyl sites for hydroxylation is 1. The van der Waals surface area contributed by atoms with E-state index in [2.05, 4.69) is 5.32 Å². The molecule has 0 unspecified atom stereocenters. The summed E-state index contributed by atoms with van der Waals surface area (Å²) in [5.41, 5.74) is -1.10. The third kappa shape index (κ3) is 4.58. The number of amides is 1. The van der Waals surface area contributed by atoms with E-state index in [4.69, 9.17) is 0 Å². The Balaban J connectivity index is 2.15. The number of hydrogen-bond acceptors (Lipinski definition) is 3. The summed E-state index contributed by atoms with van der Waals surface area (Å²) in [6.45, 7) is -0.202. The largest absolute Gasteiger partial charge is 0.406 e. The van der Waals surface area contributed by atoms with Gasteiger partial charge in [-0.05, 0) is 24.6 Å². The quantitative estimate of drug-likeness (QED) is 0.857. The van der Waals surface area contributed by atoms with E-state index in [1.165, 1.54) is 0 Å². The van der Waals surface area contributed by atoms with Crippen LogP contribution in [-0.2, 0) is 17.9 Å². The first-order chi connectivity index (χ1) is 11.2. The third-order valence-electron chi connectivity index (χ3n) is 3.10. The molecule has 2 rings (SSSR count). The van der Waals surface area contributed by atoms with Crippen LogP contribution in [0.5, 0.6) is 0 Å². The molecule has 0 aliphatic rings. The molecule has 0 saturated heterocycles. The van der Waals surface area contributed by atoms with Gasteiger partial charge in [0.15, 0.2) is 0 Å². The third-order valence-corrected chi connectivity index (χ3v) is 3.10. The highest BCUT2D eigenvalue weighted by molar-refractivity contribution is 5.90. The maximum Gasteiger partial charge on any atom is 0.406 e. The summed E-state index contributed by atoms with van der Waals surface area (Å²) in [7, 11) is 0. The van der Waals surface area contributed by atoms with Crippen molar-refractivity contribution in [2.24, 2.45) is 0 Å². The second-order valence-corrected chi connectivity index (χ2v) is 5.20. The van der Waals surface area contributed by atoms with Gasteiger partial charge in [0.25, 0.3) is 0 Å². The highest BCUT2D eigenvalue weighted by Crippen LogP contribution is 2.15. The highest BCUT2D eigenvalue weighted by Gasteiger charge is 2.28. The Hall–Kier alpha value is -2.84. The number of carbonyl (C=O) groups is 1. The lowest BCUT2D eigenvalue weighted by molar-refractivity contribution is -0.141. The lowest BCUT2D eigenvalue weighted by Crippen LogP contribution is -2.43. The number of carbonyl (C=O) groups excluding carboxylic acids is 1. The number of hydrogen-bond donors (Lipinski definition) is 1. The first-order valence-electron chi connectivity index (χ1n) is 6.89. The average molecular weight is 341 g/mol. The molecular formula is C15H14F3N3O3. The van der Waals surface area contributed by atoms with Gasteiger partial charge in [-0.25, -0.2) is 0 Å². The van der Waals surface area contributed by atoms with Gasteiger partial charge in [-0.2, -0.15) is 13.2 Å². The maximum absolute atomic E-state index is 12.3. The minimum Gasteiger partial charge on any atom is -0.325 e. The van der Waals surface area contributed by atoms with Gasteiger partial charge in [0.1, 0.15) is 13.1 Å². The van der Waals surface area contributed by atoms with Crippen molar-refractivity contribution in [1.29, 1.82) is 0 Å². The fourth-order valence-corrected chi connectivity index (χ4v) is 2.06. The van der Waals surface area contributed by atoms with Crippen LogP contribution in [0.15, 0.2) is 46.2 Å². The maximum atomic E-state index is 12.3. The summed E-state index contributed by atoms with van der Waals surface area (Å²) in [6.07, 6.45) is -2.81. The summed E-state index contributed by atoms with van der Waals surface area (Å²) in [4.78, 5) is 35.4. The van der Waals surface area contributed by atoms with Crippen LogP contribution < -0.4 is 16.4 Å². The molecule has 1 aromatic heterocycles. The molecule has 0 bridgehead atoms. The van der Waals surface area contributed by atoms with E-state index in [-0.39, 0.29) is 4.57 Å². The van der Waals surface area contributed by atoms with E-state index < -0.39 is 36.3 Å². The monoisotopic (exact) mass is 341 g/mol. The van der Waals surface area contributed by atoms with Gasteiger partial charge >= 0.3 is 17.3 Å². The van der Waals surface area contributed by atoms with Gasteiger partial charge < -0.3 is 9.88 Å². The number of benzene rings is 1. The Morgan fingerprint density at radius 2 is 1.75 bits per heavy atom. The molecule has 1 amide bonds. The van der Waals surface area contributed by atoms with Crippen molar-refractivity contribution in [1.82, 2.24) is 9.13 Å². The van der Waals surface area contributed by atoms with E-state index in [1.54, 1.807) is 18.2 Å². The predicted octanol–water partition coefficient (Wildman–Crippen LogP) is 1.52. The molecule has 0 spiro atoms. The summed E-state index contributed by atoms with van der Waals surface area (Å²) < 4.78 is 37.9. The molecule has 1 aromatic carbocycles. The summed E-state index contributed by atoms with van der Waals surface area (Å²) in [5, 5.41) is 2.54. The van der Waals surface area contributed by atoms with Crippen molar-refractivity contribution in [3.63, 3.8) is 0 Å². The normalized spacial score (nSPS) is 11.3. The SMILES string of the molecule is Cc1cccc(NC(=O)Cn2ccn(CC(F)(F)F)c(=O)c2=O)c1. The van der Waals surface area contributed by atoms with Gasteiger partial charge in [-0.15, -0.1) is 0 Å². The van der Waals surface area contributed by atoms with E-state index >= 15 is 0 Å². The van der Waals surface area contributed by atoms with Crippen molar-refractivity contribution >= 4 is 11.6 Å². The van der Waals surface area contributed by atoms with Crippen LogP contribution in [0.25, 0.3) is 0 Å². The molecule has 0 radical (unpaired) electrons. The number of anilines is 1. The Morgan fingerprint density at radius 3 is 2.38 bits per heavy atom. The summed E-state index contributed by atoms with van der Waals surface area (Å²) in [6, 6.07) is 6.92. The van der Waals surface area contributed by atoms with E-state index in [0.717, 1.165) is 22.5 Å². The molecule has 0 atom stereocenters. The zero-order valence-electron chi connectivity index (χ0n) is 12.6. The zero-order chi connectivity index (χ0) is 17.9. The number of rotatable bonds is 4. The highest BCUT2D eigenvalue weighted by atomic mass is 19.4. The predicted molar refractivity (Wildman–Crippen MR) is 80.8 cm³/mol. The van der Waals surface area contributed by atoms with Gasteiger partial charge in [-0.1, -0.05) is 12.1 Å². The molecule has 0 aliphatic carbocycles. The van der Waals surface area contributed by atoms with Gasteiger partial charge in [0.05, 0.1) is 0 Å².